The van der Waals surface area contributed by atoms with Gasteiger partial charge in [0.15, 0.2) is 0 Å². The van der Waals surface area contributed by atoms with E-state index in [1.807, 2.05) is 0 Å². The molecule has 96 valence electrons. The third-order valence-electron chi connectivity index (χ3n) is 4.84. The summed E-state index contributed by atoms with van der Waals surface area (Å²) >= 11 is 0. The minimum Gasteiger partial charge on any atom is -0.0616 e. The first-order chi connectivity index (χ1) is 9.42. The summed E-state index contributed by atoms with van der Waals surface area (Å²) in [6.45, 7) is 0. The van der Waals surface area contributed by atoms with Gasteiger partial charge >= 0.3 is 0 Å². The average Bonchev–Trinajstić information content (AvgIpc) is 2.46. The van der Waals surface area contributed by atoms with Crippen LogP contribution in [0.1, 0.15) is 37.7 Å². The van der Waals surface area contributed by atoms with Crippen molar-refractivity contribution in [2.75, 3.05) is 0 Å². The zero-order valence-corrected chi connectivity index (χ0v) is 11.4. The van der Waals surface area contributed by atoms with Crippen LogP contribution in [0.4, 0.5) is 0 Å². The van der Waals surface area contributed by atoms with Crippen LogP contribution >= 0.6 is 0 Å². The second-order valence-electron chi connectivity index (χ2n) is 6.13. The van der Waals surface area contributed by atoms with Crippen molar-refractivity contribution < 1.29 is 0 Å². The molecule has 4 rings (SSSR count). The Morgan fingerprint density at radius 3 is 2.21 bits per heavy atom. The summed E-state index contributed by atoms with van der Waals surface area (Å²) in [7, 11) is 0. The molecule has 0 aliphatic heterocycles. The Labute approximate surface area is 115 Å². The normalized spacial score (nSPS) is 17.5. The van der Waals surface area contributed by atoms with Crippen molar-refractivity contribution in [3.05, 3.63) is 48.0 Å². The van der Waals surface area contributed by atoms with E-state index in [1.165, 1.54) is 60.8 Å². The molecular weight excluding hydrogens is 228 g/mol. The minimum absolute atomic E-state index is 0.933. The zero-order chi connectivity index (χ0) is 12.7. The number of rotatable bonds is 2. The summed E-state index contributed by atoms with van der Waals surface area (Å²) in [5, 5.41) is 0. The van der Waals surface area contributed by atoms with Gasteiger partial charge in [-0.25, -0.2) is 0 Å². The smallest absolute Gasteiger partial charge is 0.00962 e. The molecule has 0 radical (unpaired) electrons. The highest BCUT2D eigenvalue weighted by atomic mass is 14.3. The Kier molecular flexibility index (Phi) is 2.69. The summed E-state index contributed by atoms with van der Waals surface area (Å²) < 4.78 is 0. The fourth-order valence-electron chi connectivity index (χ4n) is 3.79. The molecule has 2 aromatic carbocycles. The fourth-order valence-corrected chi connectivity index (χ4v) is 3.79. The van der Waals surface area contributed by atoms with Crippen molar-refractivity contribution in [3.63, 3.8) is 0 Å². The predicted octanol–water partition coefficient (Wildman–Crippen LogP) is 5.46. The highest BCUT2D eigenvalue weighted by molar-refractivity contribution is 6.02. The first-order valence-electron chi connectivity index (χ1n) is 7.64. The molecule has 2 aliphatic carbocycles. The van der Waals surface area contributed by atoms with Gasteiger partial charge in [0.05, 0.1) is 0 Å². The topological polar surface area (TPSA) is 0 Å². The second kappa shape index (κ2) is 4.52. The van der Waals surface area contributed by atoms with Gasteiger partial charge in [-0.05, 0) is 40.2 Å². The van der Waals surface area contributed by atoms with Crippen molar-refractivity contribution >= 4 is 0 Å². The maximum absolute atomic E-state index is 2.44. The molecule has 2 aliphatic rings. The molecule has 0 heteroatoms. The number of hydrogen-bond acceptors (Lipinski definition) is 0. The lowest BCUT2D eigenvalue weighted by atomic mass is 9.78. The van der Waals surface area contributed by atoms with Crippen molar-refractivity contribution in [2.45, 2.75) is 38.5 Å². The standard InChI is InChI=1S/C19H20/c1-2-6-14(7-3-1)12-15-10-11-18-16-8-4-5-9-17(16)19(18)13-15/h4-5,8-11,13-14H,1-3,6-7,12H2. The van der Waals surface area contributed by atoms with Gasteiger partial charge in [0.25, 0.3) is 0 Å². The van der Waals surface area contributed by atoms with Crippen molar-refractivity contribution in [3.8, 4) is 22.3 Å². The zero-order valence-electron chi connectivity index (χ0n) is 11.4. The van der Waals surface area contributed by atoms with Crippen LogP contribution < -0.4 is 0 Å². The molecule has 0 unspecified atom stereocenters. The van der Waals surface area contributed by atoms with E-state index in [9.17, 15) is 0 Å². The van der Waals surface area contributed by atoms with Gasteiger partial charge in [-0.3, -0.25) is 0 Å². The molecule has 0 saturated heterocycles. The maximum atomic E-state index is 2.44. The van der Waals surface area contributed by atoms with E-state index in [0.29, 0.717) is 0 Å². The lowest BCUT2D eigenvalue weighted by molar-refractivity contribution is 0.357. The molecular formula is C19H20. The molecule has 0 bridgehead atoms. The van der Waals surface area contributed by atoms with Crippen LogP contribution in [0, 0.1) is 5.92 Å². The van der Waals surface area contributed by atoms with E-state index < -0.39 is 0 Å². The van der Waals surface area contributed by atoms with Crippen LogP contribution in [-0.2, 0) is 6.42 Å². The summed E-state index contributed by atoms with van der Waals surface area (Å²) in [5.41, 5.74) is 7.34. The van der Waals surface area contributed by atoms with Crippen LogP contribution in [0.2, 0.25) is 0 Å². The van der Waals surface area contributed by atoms with Crippen molar-refractivity contribution in [1.29, 1.82) is 0 Å². The number of fused-ring (bicyclic) bond motifs is 4. The van der Waals surface area contributed by atoms with Gasteiger partial charge < -0.3 is 0 Å². The lowest BCUT2D eigenvalue weighted by Crippen LogP contribution is -2.10. The Balaban J connectivity index is 1.58. The molecule has 0 atom stereocenters. The molecule has 2 aromatic rings. The van der Waals surface area contributed by atoms with Crippen LogP contribution in [0.3, 0.4) is 0 Å². The largest absolute Gasteiger partial charge is 0.0616 e. The Bertz CT molecular complexity index is 603. The predicted molar refractivity (Wildman–Crippen MR) is 81.2 cm³/mol. The lowest BCUT2D eigenvalue weighted by Gasteiger charge is -2.26. The summed E-state index contributed by atoms with van der Waals surface area (Å²) in [4.78, 5) is 0. The van der Waals surface area contributed by atoms with E-state index in [2.05, 4.69) is 42.5 Å². The molecule has 0 N–H and O–H groups in total. The highest BCUT2D eigenvalue weighted by Crippen LogP contribution is 2.47. The van der Waals surface area contributed by atoms with Crippen LogP contribution in [-0.4, -0.2) is 0 Å². The van der Waals surface area contributed by atoms with Crippen molar-refractivity contribution in [1.82, 2.24) is 0 Å². The molecule has 0 heterocycles. The van der Waals surface area contributed by atoms with Gasteiger partial charge in [0.2, 0.25) is 0 Å². The SMILES string of the molecule is c1ccc2c(c1)-c1ccc(CC3CCCCC3)cc1-2. The third-order valence-corrected chi connectivity index (χ3v) is 4.84. The second-order valence-corrected chi connectivity index (χ2v) is 6.13. The highest BCUT2D eigenvalue weighted by Gasteiger charge is 2.22. The summed E-state index contributed by atoms with van der Waals surface area (Å²) in [5.74, 6) is 0.933. The van der Waals surface area contributed by atoms with Gasteiger partial charge in [-0.2, -0.15) is 0 Å². The molecule has 0 nitrogen and oxygen atoms in total. The van der Waals surface area contributed by atoms with Gasteiger partial charge in [0.1, 0.15) is 0 Å². The molecule has 0 spiro atoms. The van der Waals surface area contributed by atoms with E-state index in [4.69, 9.17) is 0 Å². The monoisotopic (exact) mass is 248 g/mol. The van der Waals surface area contributed by atoms with E-state index in [0.717, 1.165) is 5.92 Å². The fraction of sp³-hybridized carbons (Fsp3) is 0.368. The summed E-state index contributed by atoms with van der Waals surface area (Å²) in [6, 6.07) is 15.9. The van der Waals surface area contributed by atoms with Gasteiger partial charge in [-0.1, -0.05) is 74.6 Å². The molecule has 1 saturated carbocycles. The molecule has 1 fully saturated rings. The van der Waals surface area contributed by atoms with E-state index >= 15 is 0 Å². The first kappa shape index (κ1) is 11.3. The van der Waals surface area contributed by atoms with Gasteiger partial charge in [0, 0.05) is 0 Å². The Morgan fingerprint density at radius 2 is 1.42 bits per heavy atom. The number of benzene rings is 2. The van der Waals surface area contributed by atoms with Crippen LogP contribution in [0.15, 0.2) is 42.5 Å². The van der Waals surface area contributed by atoms with Crippen molar-refractivity contribution in [2.24, 2.45) is 5.92 Å². The molecule has 0 amide bonds. The quantitative estimate of drug-likeness (QED) is 0.565. The minimum atomic E-state index is 0.933. The Hall–Kier alpha value is -1.56. The van der Waals surface area contributed by atoms with E-state index in [1.54, 1.807) is 5.56 Å². The van der Waals surface area contributed by atoms with Gasteiger partial charge in [-0.15, -0.1) is 0 Å². The third kappa shape index (κ3) is 1.90. The molecule has 19 heavy (non-hydrogen) atoms. The maximum Gasteiger partial charge on any atom is -0.00962 e. The number of hydrogen-bond donors (Lipinski definition) is 0. The molecule has 0 aromatic heterocycles. The van der Waals surface area contributed by atoms with Crippen LogP contribution in [0.25, 0.3) is 22.3 Å². The van der Waals surface area contributed by atoms with E-state index in [-0.39, 0.29) is 0 Å². The summed E-state index contributed by atoms with van der Waals surface area (Å²) in [6.07, 6.45) is 8.50. The first-order valence-corrected chi connectivity index (χ1v) is 7.64. The Morgan fingerprint density at radius 1 is 0.737 bits per heavy atom. The average molecular weight is 248 g/mol. The van der Waals surface area contributed by atoms with Crippen LogP contribution in [0.5, 0.6) is 0 Å².